The monoisotopic (exact) mass is 407 g/mol. The summed E-state index contributed by atoms with van der Waals surface area (Å²) in [5, 5.41) is 25.3. The minimum absolute atomic E-state index is 0.0121. The van der Waals surface area contributed by atoms with Crippen molar-refractivity contribution in [2.45, 2.75) is 6.92 Å². The summed E-state index contributed by atoms with van der Waals surface area (Å²) in [6.45, 7) is 1.61. The summed E-state index contributed by atoms with van der Waals surface area (Å²) in [6.07, 6.45) is 3.13. The predicted octanol–water partition coefficient (Wildman–Crippen LogP) is 3.06. The summed E-state index contributed by atoms with van der Waals surface area (Å²) in [5.74, 6) is -1.15. The molecule has 2 heterocycles. The van der Waals surface area contributed by atoms with Crippen LogP contribution in [0.2, 0.25) is 0 Å². The van der Waals surface area contributed by atoms with Crippen molar-refractivity contribution in [3.63, 3.8) is 0 Å². The second-order valence-corrected chi connectivity index (χ2v) is 6.28. The molecule has 0 aliphatic rings. The minimum Gasteiger partial charge on any atom is -0.320 e. The van der Waals surface area contributed by atoms with Crippen molar-refractivity contribution in [1.29, 1.82) is 0 Å². The van der Waals surface area contributed by atoms with Gasteiger partial charge in [0.05, 0.1) is 16.3 Å². The lowest BCUT2D eigenvalue weighted by atomic mass is 10.2. The number of halogens is 1. The molecule has 0 spiro atoms. The van der Waals surface area contributed by atoms with E-state index in [1.54, 1.807) is 25.3 Å². The third kappa shape index (κ3) is 3.51. The highest BCUT2D eigenvalue weighted by molar-refractivity contribution is 6.03. The molecule has 10 nitrogen and oxygen atoms in total. The molecule has 0 bridgehead atoms. The van der Waals surface area contributed by atoms with Crippen molar-refractivity contribution in [2.24, 2.45) is 0 Å². The molecule has 1 amide bonds. The molecule has 0 saturated heterocycles. The topological polar surface area (TPSA) is 121 Å². The number of hydrogen-bond acceptors (Lipinski definition) is 6. The van der Waals surface area contributed by atoms with Crippen molar-refractivity contribution in [3.8, 4) is 11.4 Å². The maximum atomic E-state index is 14.4. The Kier molecular flexibility index (Phi) is 4.76. The van der Waals surface area contributed by atoms with E-state index in [1.165, 1.54) is 52.0 Å². The fourth-order valence-corrected chi connectivity index (χ4v) is 2.89. The van der Waals surface area contributed by atoms with E-state index in [2.05, 4.69) is 20.7 Å². The van der Waals surface area contributed by atoms with Crippen LogP contribution in [0.25, 0.3) is 11.4 Å². The smallest absolute Gasteiger partial charge is 0.278 e. The normalized spacial score (nSPS) is 10.7. The first-order chi connectivity index (χ1) is 14.4. The molecule has 0 saturated carbocycles. The van der Waals surface area contributed by atoms with Gasteiger partial charge in [-0.1, -0.05) is 11.3 Å². The van der Waals surface area contributed by atoms with Crippen molar-refractivity contribution in [1.82, 2.24) is 24.8 Å². The summed E-state index contributed by atoms with van der Waals surface area (Å²) in [5.41, 5.74) is 1.15. The SMILES string of the molecule is Cc1c(C(=O)Nc2ccc(-n3cccn3)c(F)c2)nnn1-c1cccc([N+](=O)[O-])c1. The van der Waals surface area contributed by atoms with E-state index in [0.717, 1.165) is 0 Å². The van der Waals surface area contributed by atoms with Gasteiger partial charge >= 0.3 is 0 Å². The van der Waals surface area contributed by atoms with Gasteiger partial charge in [0, 0.05) is 30.2 Å². The fraction of sp³-hybridized carbons (Fsp3) is 0.0526. The lowest BCUT2D eigenvalue weighted by molar-refractivity contribution is -0.384. The zero-order valence-electron chi connectivity index (χ0n) is 15.6. The molecule has 0 radical (unpaired) electrons. The van der Waals surface area contributed by atoms with Crippen LogP contribution in [0, 0.1) is 22.9 Å². The van der Waals surface area contributed by atoms with Gasteiger partial charge in [-0.3, -0.25) is 14.9 Å². The molecule has 0 aliphatic carbocycles. The van der Waals surface area contributed by atoms with E-state index in [-0.39, 0.29) is 22.8 Å². The Morgan fingerprint density at radius 1 is 1.20 bits per heavy atom. The summed E-state index contributed by atoms with van der Waals surface area (Å²) >= 11 is 0. The van der Waals surface area contributed by atoms with Crippen molar-refractivity contribution < 1.29 is 14.1 Å². The van der Waals surface area contributed by atoms with Crippen LogP contribution in [0.3, 0.4) is 0 Å². The Bertz CT molecular complexity index is 1250. The zero-order chi connectivity index (χ0) is 21.3. The Morgan fingerprint density at radius 2 is 2.03 bits per heavy atom. The molecule has 0 atom stereocenters. The van der Waals surface area contributed by atoms with Crippen LogP contribution < -0.4 is 5.32 Å². The van der Waals surface area contributed by atoms with Crippen molar-refractivity contribution in [2.75, 3.05) is 5.32 Å². The maximum Gasteiger partial charge on any atom is 0.278 e. The lowest BCUT2D eigenvalue weighted by Crippen LogP contribution is -2.14. The number of anilines is 1. The molecule has 0 unspecified atom stereocenters. The number of rotatable bonds is 5. The number of nitro groups is 1. The Labute approximate surface area is 168 Å². The number of nitro benzene ring substituents is 1. The number of benzene rings is 2. The molecular weight excluding hydrogens is 393 g/mol. The molecule has 4 aromatic rings. The summed E-state index contributed by atoms with van der Waals surface area (Å²) in [7, 11) is 0. The van der Waals surface area contributed by atoms with E-state index < -0.39 is 16.6 Å². The Hall–Kier alpha value is -4.41. The third-order valence-corrected chi connectivity index (χ3v) is 4.35. The Balaban J connectivity index is 1.57. The molecule has 2 aromatic carbocycles. The summed E-state index contributed by atoms with van der Waals surface area (Å²) in [4.78, 5) is 23.1. The molecule has 1 N–H and O–H groups in total. The number of amides is 1. The summed E-state index contributed by atoms with van der Waals surface area (Å²) < 4.78 is 17.1. The van der Waals surface area contributed by atoms with Crippen LogP contribution in [-0.4, -0.2) is 35.6 Å². The van der Waals surface area contributed by atoms with E-state index in [4.69, 9.17) is 0 Å². The largest absolute Gasteiger partial charge is 0.320 e. The second-order valence-electron chi connectivity index (χ2n) is 6.28. The van der Waals surface area contributed by atoms with Gasteiger partial charge in [0.1, 0.15) is 5.69 Å². The molecule has 0 fully saturated rings. The van der Waals surface area contributed by atoms with E-state index in [1.807, 2.05) is 0 Å². The highest BCUT2D eigenvalue weighted by Gasteiger charge is 2.19. The number of hydrogen-bond donors (Lipinski definition) is 1. The van der Waals surface area contributed by atoms with Crippen molar-refractivity contribution in [3.05, 3.63) is 88.2 Å². The zero-order valence-corrected chi connectivity index (χ0v) is 15.6. The average Bonchev–Trinajstić information content (AvgIpc) is 3.38. The number of nitrogens with one attached hydrogen (secondary N) is 1. The third-order valence-electron chi connectivity index (χ3n) is 4.35. The maximum absolute atomic E-state index is 14.4. The van der Waals surface area contributed by atoms with Crippen LogP contribution >= 0.6 is 0 Å². The number of non-ortho nitro benzene ring substituents is 1. The van der Waals surface area contributed by atoms with Gasteiger partial charge in [-0.2, -0.15) is 5.10 Å². The fourth-order valence-electron chi connectivity index (χ4n) is 2.89. The summed E-state index contributed by atoms with van der Waals surface area (Å²) in [6, 6.07) is 11.7. The molecular formula is C19H14FN7O3. The van der Waals surface area contributed by atoms with Crippen LogP contribution in [0.5, 0.6) is 0 Å². The van der Waals surface area contributed by atoms with Gasteiger partial charge in [-0.25, -0.2) is 13.8 Å². The van der Waals surface area contributed by atoms with Gasteiger partial charge < -0.3 is 5.32 Å². The lowest BCUT2D eigenvalue weighted by Gasteiger charge is -2.08. The highest BCUT2D eigenvalue weighted by atomic mass is 19.1. The molecule has 2 aromatic heterocycles. The molecule has 0 aliphatic heterocycles. The molecule has 4 rings (SSSR count). The predicted molar refractivity (Wildman–Crippen MR) is 104 cm³/mol. The number of nitrogens with zero attached hydrogens (tertiary/aromatic N) is 6. The number of aromatic nitrogens is 5. The van der Waals surface area contributed by atoms with Gasteiger partial charge in [0.2, 0.25) is 0 Å². The molecule has 11 heteroatoms. The van der Waals surface area contributed by atoms with Crippen molar-refractivity contribution >= 4 is 17.3 Å². The second kappa shape index (κ2) is 7.54. The highest BCUT2D eigenvalue weighted by Crippen LogP contribution is 2.21. The van der Waals surface area contributed by atoms with Gasteiger partial charge in [-0.05, 0) is 37.3 Å². The number of carbonyl (C=O) groups is 1. The van der Waals surface area contributed by atoms with Crippen LogP contribution in [0.4, 0.5) is 15.8 Å². The molecule has 30 heavy (non-hydrogen) atoms. The quantitative estimate of drug-likeness (QED) is 0.401. The molecule has 150 valence electrons. The van der Waals surface area contributed by atoms with E-state index in [0.29, 0.717) is 11.4 Å². The van der Waals surface area contributed by atoms with Crippen LogP contribution in [0.1, 0.15) is 16.2 Å². The first-order valence-corrected chi connectivity index (χ1v) is 8.72. The van der Waals surface area contributed by atoms with Gasteiger partial charge in [0.25, 0.3) is 11.6 Å². The van der Waals surface area contributed by atoms with E-state index in [9.17, 15) is 19.3 Å². The first-order valence-electron chi connectivity index (χ1n) is 8.72. The van der Waals surface area contributed by atoms with Gasteiger partial charge in [0.15, 0.2) is 11.5 Å². The standard InChI is InChI=1S/C19H14FN7O3/c1-12-18(23-24-26(12)14-4-2-5-15(11-14)27(29)30)19(28)22-13-6-7-17(16(20)10-13)25-9-3-8-21-25/h2-11H,1H3,(H,22,28). The van der Waals surface area contributed by atoms with Crippen LogP contribution in [0.15, 0.2) is 60.9 Å². The minimum atomic E-state index is -0.588. The first kappa shape index (κ1) is 18.9. The van der Waals surface area contributed by atoms with Crippen LogP contribution in [-0.2, 0) is 0 Å². The van der Waals surface area contributed by atoms with Gasteiger partial charge in [-0.15, -0.1) is 5.10 Å². The average molecular weight is 407 g/mol. The number of carbonyl (C=O) groups excluding carboxylic acids is 1. The Morgan fingerprint density at radius 3 is 2.73 bits per heavy atom. The van der Waals surface area contributed by atoms with E-state index >= 15 is 0 Å².